The molecule has 252 valence electrons. The zero-order valence-corrected chi connectivity index (χ0v) is 26.9. The summed E-state index contributed by atoms with van der Waals surface area (Å²) in [5.41, 5.74) is 0. The first-order valence-corrected chi connectivity index (χ1v) is 16.5. The molecular weight excluding hydrogens is 562 g/mol. The number of hydrogen-bond donors (Lipinski definition) is 6. The molecule has 0 bridgehead atoms. The predicted molar refractivity (Wildman–Crippen MR) is 175 cm³/mol. The molecule has 0 radical (unpaired) electrons. The SMILES string of the molecule is CC/C=C\C/C=C\C/C=C\C/C=C\CCCCC(=O)NC(COC1OC(CO)C(O)C(O)C1O)C(O)/C=C/CCCCCC. The Morgan fingerprint density at radius 3 is 2.05 bits per heavy atom. The van der Waals surface area contributed by atoms with Gasteiger partial charge in [-0.25, -0.2) is 0 Å². The van der Waals surface area contributed by atoms with Crippen LogP contribution in [-0.4, -0.2) is 87.5 Å². The van der Waals surface area contributed by atoms with Gasteiger partial charge in [-0.2, -0.15) is 0 Å². The van der Waals surface area contributed by atoms with Crippen molar-refractivity contribution in [1.82, 2.24) is 5.32 Å². The lowest BCUT2D eigenvalue weighted by Gasteiger charge is -2.40. The highest BCUT2D eigenvalue weighted by Crippen LogP contribution is 2.22. The third-order valence-corrected chi connectivity index (χ3v) is 7.35. The molecule has 6 N–H and O–H groups in total. The molecule has 44 heavy (non-hydrogen) atoms. The van der Waals surface area contributed by atoms with Crippen molar-refractivity contribution in [1.29, 1.82) is 0 Å². The molecule has 9 nitrogen and oxygen atoms in total. The summed E-state index contributed by atoms with van der Waals surface area (Å²) in [7, 11) is 0. The van der Waals surface area contributed by atoms with Crippen LogP contribution in [0.25, 0.3) is 0 Å². The van der Waals surface area contributed by atoms with Gasteiger partial charge >= 0.3 is 0 Å². The molecule has 1 rings (SSSR count). The molecule has 0 aromatic rings. The van der Waals surface area contributed by atoms with Crippen LogP contribution in [0.4, 0.5) is 0 Å². The van der Waals surface area contributed by atoms with E-state index in [9.17, 15) is 30.3 Å². The van der Waals surface area contributed by atoms with Gasteiger partial charge in [0.15, 0.2) is 6.29 Å². The fourth-order valence-electron chi connectivity index (χ4n) is 4.61. The monoisotopic (exact) mass is 621 g/mol. The van der Waals surface area contributed by atoms with Crippen molar-refractivity contribution >= 4 is 5.91 Å². The summed E-state index contributed by atoms with van der Waals surface area (Å²) in [6, 6.07) is -0.823. The average molecular weight is 622 g/mol. The molecule has 7 unspecified atom stereocenters. The van der Waals surface area contributed by atoms with Crippen LogP contribution >= 0.6 is 0 Å². The molecule has 0 aromatic heterocycles. The zero-order valence-electron chi connectivity index (χ0n) is 26.9. The summed E-state index contributed by atoms with van der Waals surface area (Å²) in [6.45, 7) is 3.49. The van der Waals surface area contributed by atoms with Crippen molar-refractivity contribution in [3.8, 4) is 0 Å². The predicted octanol–water partition coefficient (Wildman–Crippen LogP) is 4.54. The Kier molecular flexibility index (Phi) is 23.7. The van der Waals surface area contributed by atoms with Crippen molar-refractivity contribution in [3.05, 3.63) is 60.8 Å². The standard InChI is InChI=1S/C35H59NO8/c1-3-5-7-9-11-12-13-14-15-16-17-18-19-21-23-25-31(39)36-28(29(38)24-22-20-10-8-6-4-2)27-43-35-34(42)33(41)32(40)30(26-37)44-35/h5,7,11-12,14-15,17-18,22,24,28-30,32-35,37-38,40-42H,3-4,6,8-10,13,16,19-21,23,25-27H2,1-2H3,(H,36,39)/b7-5-,12-11-,15-14-,18-17-,24-22+. The summed E-state index contributed by atoms with van der Waals surface area (Å²) in [4.78, 5) is 12.7. The van der Waals surface area contributed by atoms with E-state index >= 15 is 0 Å². The molecule has 0 aliphatic carbocycles. The van der Waals surface area contributed by atoms with Crippen molar-refractivity contribution in [2.45, 2.75) is 140 Å². The number of rotatable bonds is 24. The lowest BCUT2D eigenvalue weighted by molar-refractivity contribution is -0.302. The molecule has 0 spiro atoms. The number of unbranched alkanes of at least 4 members (excludes halogenated alkanes) is 6. The Morgan fingerprint density at radius 1 is 0.795 bits per heavy atom. The molecule has 1 aliphatic rings. The van der Waals surface area contributed by atoms with E-state index in [1.165, 1.54) is 0 Å². The van der Waals surface area contributed by atoms with Gasteiger partial charge in [0.05, 0.1) is 25.4 Å². The van der Waals surface area contributed by atoms with E-state index in [4.69, 9.17) is 9.47 Å². The summed E-state index contributed by atoms with van der Waals surface area (Å²) >= 11 is 0. The fraction of sp³-hybridized carbons (Fsp3) is 0.686. The Balaban J connectivity index is 2.50. The van der Waals surface area contributed by atoms with Crippen LogP contribution in [-0.2, 0) is 14.3 Å². The lowest BCUT2D eigenvalue weighted by atomic mass is 9.99. The van der Waals surface area contributed by atoms with Crippen molar-refractivity contribution in [3.63, 3.8) is 0 Å². The van der Waals surface area contributed by atoms with Crippen LogP contribution in [0.15, 0.2) is 60.8 Å². The van der Waals surface area contributed by atoms with Gasteiger partial charge in [0.25, 0.3) is 0 Å². The largest absolute Gasteiger partial charge is 0.394 e. The number of amides is 1. The number of ether oxygens (including phenoxy) is 2. The van der Waals surface area contributed by atoms with Crippen molar-refractivity contribution < 1.29 is 39.8 Å². The highest BCUT2D eigenvalue weighted by Gasteiger charge is 2.44. The van der Waals surface area contributed by atoms with Gasteiger partial charge in [0.1, 0.15) is 24.4 Å². The minimum atomic E-state index is -1.57. The molecule has 1 aliphatic heterocycles. The molecule has 9 heteroatoms. The van der Waals surface area contributed by atoms with Gasteiger partial charge in [-0.05, 0) is 57.8 Å². The zero-order chi connectivity index (χ0) is 32.4. The maximum atomic E-state index is 12.7. The number of hydrogen-bond acceptors (Lipinski definition) is 8. The maximum absolute atomic E-state index is 12.7. The van der Waals surface area contributed by atoms with Gasteiger partial charge in [-0.15, -0.1) is 0 Å². The summed E-state index contributed by atoms with van der Waals surface area (Å²) in [6.07, 6.45) is 24.4. The van der Waals surface area contributed by atoms with Crippen LogP contribution in [0.3, 0.4) is 0 Å². The van der Waals surface area contributed by atoms with Crippen LogP contribution in [0.1, 0.15) is 97.3 Å². The second-order valence-corrected chi connectivity index (χ2v) is 11.2. The fourth-order valence-corrected chi connectivity index (χ4v) is 4.61. The second-order valence-electron chi connectivity index (χ2n) is 11.2. The van der Waals surface area contributed by atoms with Gasteiger partial charge in [-0.1, -0.05) is 93.9 Å². The molecule has 1 heterocycles. The normalized spacial score (nSPS) is 24.4. The number of carbonyl (C=O) groups is 1. The summed E-state index contributed by atoms with van der Waals surface area (Å²) in [5, 5.41) is 53.4. The molecule has 0 aromatic carbocycles. The summed E-state index contributed by atoms with van der Waals surface area (Å²) in [5.74, 6) is -0.229. The first-order valence-electron chi connectivity index (χ1n) is 16.5. The highest BCUT2D eigenvalue weighted by molar-refractivity contribution is 5.76. The third-order valence-electron chi connectivity index (χ3n) is 7.35. The van der Waals surface area contributed by atoms with Crippen molar-refractivity contribution in [2.75, 3.05) is 13.2 Å². The van der Waals surface area contributed by atoms with Crippen LogP contribution in [0, 0.1) is 0 Å². The van der Waals surface area contributed by atoms with E-state index in [2.05, 4.69) is 67.8 Å². The van der Waals surface area contributed by atoms with E-state index < -0.39 is 49.5 Å². The topological polar surface area (TPSA) is 149 Å². The molecule has 0 saturated carbocycles. The highest BCUT2D eigenvalue weighted by atomic mass is 16.7. The molecular formula is C35H59NO8. The number of aliphatic hydroxyl groups excluding tert-OH is 5. The molecule has 1 saturated heterocycles. The Labute approximate surface area is 265 Å². The number of nitrogens with one attached hydrogen (secondary N) is 1. The Hall–Kier alpha value is -2.11. The average Bonchev–Trinajstić information content (AvgIpc) is 3.02. The smallest absolute Gasteiger partial charge is 0.220 e. The third kappa shape index (κ3) is 18.0. The minimum absolute atomic E-state index is 0.211. The molecule has 1 amide bonds. The van der Waals surface area contributed by atoms with E-state index in [-0.39, 0.29) is 18.9 Å². The Bertz CT molecular complexity index is 869. The molecule has 7 atom stereocenters. The number of allylic oxidation sites excluding steroid dienone is 9. The van der Waals surface area contributed by atoms with E-state index in [1.54, 1.807) is 6.08 Å². The lowest BCUT2D eigenvalue weighted by Crippen LogP contribution is -2.60. The van der Waals surface area contributed by atoms with Gasteiger partial charge < -0.3 is 40.3 Å². The first-order chi connectivity index (χ1) is 21.3. The van der Waals surface area contributed by atoms with Gasteiger partial charge in [0, 0.05) is 6.42 Å². The molecule has 1 fully saturated rings. The maximum Gasteiger partial charge on any atom is 0.220 e. The van der Waals surface area contributed by atoms with E-state index in [0.29, 0.717) is 6.42 Å². The quantitative estimate of drug-likeness (QED) is 0.0680. The van der Waals surface area contributed by atoms with E-state index in [0.717, 1.165) is 70.6 Å². The van der Waals surface area contributed by atoms with Gasteiger partial charge in [0.2, 0.25) is 5.91 Å². The number of aliphatic hydroxyl groups is 5. The van der Waals surface area contributed by atoms with Crippen LogP contribution in [0.5, 0.6) is 0 Å². The van der Waals surface area contributed by atoms with Crippen molar-refractivity contribution in [2.24, 2.45) is 0 Å². The Morgan fingerprint density at radius 2 is 1.41 bits per heavy atom. The van der Waals surface area contributed by atoms with Gasteiger partial charge in [-0.3, -0.25) is 4.79 Å². The van der Waals surface area contributed by atoms with Crippen LogP contribution < -0.4 is 5.32 Å². The minimum Gasteiger partial charge on any atom is -0.394 e. The summed E-state index contributed by atoms with van der Waals surface area (Å²) < 4.78 is 11.0. The first kappa shape index (κ1) is 39.9. The van der Waals surface area contributed by atoms with E-state index in [1.807, 2.05) is 6.08 Å². The second kappa shape index (κ2) is 26.1. The van der Waals surface area contributed by atoms with Crippen LogP contribution in [0.2, 0.25) is 0 Å². The number of carbonyl (C=O) groups excluding carboxylic acids is 1.